The van der Waals surface area contributed by atoms with Crippen LogP contribution in [-0.4, -0.2) is 52.0 Å². The predicted molar refractivity (Wildman–Crippen MR) is 92.0 cm³/mol. The third-order valence-corrected chi connectivity index (χ3v) is 6.32. The second-order valence-corrected chi connectivity index (χ2v) is 8.01. The molecule has 3 heterocycles. The Kier molecular flexibility index (Phi) is 2.89. The summed E-state index contributed by atoms with van der Waals surface area (Å²) in [5.41, 5.74) is 0.373. The molecule has 7 nitrogen and oxygen atoms in total. The third-order valence-electron chi connectivity index (χ3n) is 6.32. The molecule has 2 aliphatic carbocycles. The topological polar surface area (TPSA) is 85.2 Å². The van der Waals surface area contributed by atoms with Gasteiger partial charge in [0.05, 0.1) is 11.6 Å². The van der Waals surface area contributed by atoms with E-state index in [-0.39, 0.29) is 17.5 Å². The first-order valence-electron chi connectivity index (χ1n) is 9.16. The summed E-state index contributed by atoms with van der Waals surface area (Å²) in [5.74, 6) is 2.03. The van der Waals surface area contributed by atoms with Crippen LogP contribution in [-0.2, 0) is 11.2 Å². The molecule has 1 saturated heterocycles. The van der Waals surface area contributed by atoms with E-state index in [4.69, 9.17) is 0 Å². The molecule has 1 unspecified atom stereocenters. The quantitative estimate of drug-likeness (QED) is 0.875. The summed E-state index contributed by atoms with van der Waals surface area (Å²) in [7, 11) is 0. The fraction of sp³-hybridized carbons (Fsp3) is 0.667. The molecule has 0 aromatic carbocycles. The Balaban J connectivity index is 1.45. The molecule has 1 spiro atoms. The molecule has 0 radical (unpaired) electrons. The van der Waals surface area contributed by atoms with Gasteiger partial charge in [0.1, 0.15) is 23.4 Å². The lowest BCUT2D eigenvalue weighted by molar-refractivity contribution is -0.139. The highest BCUT2D eigenvalue weighted by Gasteiger charge is 2.61. The zero-order valence-corrected chi connectivity index (χ0v) is 14.5. The number of amides is 1. The van der Waals surface area contributed by atoms with Gasteiger partial charge in [0.2, 0.25) is 5.91 Å². The first-order chi connectivity index (χ1) is 12.1. The van der Waals surface area contributed by atoms with Crippen LogP contribution in [0.3, 0.4) is 0 Å². The van der Waals surface area contributed by atoms with Crippen molar-refractivity contribution >= 4 is 17.5 Å². The molecule has 2 aliphatic heterocycles. The SMILES string of the molecule is CC1CN(C(=O)C2(C#N)CC2)C2(CC2)CN1c1ncnc2c1CCN2. The van der Waals surface area contributed by atoms with Crippen molar-refractivity contribution in [3.63, 3.8) is 0 Å². The minimum absolute atomic E-state index is 0.0635. The summed E-state index contributed by atoms with van der Waals surface area (Å²) in [5, 5.41) is 12.7. The van der Waals surface area contributed by atoms with Crippen LogP contribution in [0.5, 0.6) is 0 Å². The molecule has 1 aromatic rings. The minimum atomic E-state index is -0.725. The average molecular weight is 338 g/mol. The van der Waals surface area contributed by atoms with Crippen molar-refractivity contribution < 1.29 is 4.79 Å². The summed E-state index contributed by atoms with van der Waals surface area (Å²) < 4.78 is 0. The van der Waals surface area contributed by atoms with Crippen LogP contribution < -0.4 is 10.2 Å². The third kappa shape index (κ3) is 2.06. The van der Waals surface area contributed by atoms with E-state index in [1.54, 1.807) is 6.33 Å². The second-order valence-electron chi connectivity index (χ2n) is 8.01. The van der Waals surface area contributed by atoms with Crippen LogP contribution in [0.4, 0.5) is 11.6 Å². The molecule has 7 heteroatoms. The molecule has 1 aromatic heterocycles. The van der Waals surface area contributed by atoms with Crippen LogP contribution in [0, 0.1) is 16.7 Å². The predicted octanol–water partition coefficient (Wildman–Crippen LogP) is 1.32. The number of nitriles is 1. The van der Waals surface area contributed by atoms with Gasteiger partial charge in [-0.15, -0.1) is 0 Å². The number of fused-ring (bicyclic) bond motifs is 1. The van der Waals surface area contributed by atoms with Gasteiger partial charge in [-0.25, -0.2) is 9.97 Å². The maximum absolute atomic E-state index is 13.0. The monoisotopic (exact) mass is 338 g/mol. The number of aromatic nitrogens is 2. The Labute approximate surface area is 147 Å². The Hall–Kier alpha value is -2.36. The van der Waals surface area contributed by atoms with Crippen LogP contribution in [0.2, 0.25) is 0 Å². The molecule has 1 N–H and O–H groups in total. The number of nitrogens with one attached hydrogen (secondary N) is 1. The molecular formula is C18H22N6O. The molecule has 1 amide bonds. The van der Waals surface area contributed by atoms with Gasteiger partial charge in [0.25, 0.3) is 0 Å². The first kappa shape index (κ1) is 14.9. The fourth-order valence-corrected chi connectivity index (χ4v) is 4.36. The van der Waals surface area contributed by atoms with Gasteiger partial charge in [-0.2, -0.15) is 5.26 Å². The number of anilines is 2. The van der Waals surface area contributed by atoms with E-state index >= 15 is 0 Å². The first-order valence-corrected chi connectivity index (χ1v) is 9.16. The normalized spacial score (nSPS) is 27.4. The molecule has 130 valence electrons. The van der Waals surface area contributed by atoms with E-state index in [2.05, 4.69) is 33.2 Å². The number of nitrogens with zero attached hydrogens (tertiary/aromatic N) is 5. The maximum Gasteiger partial charge on any atom is 0.243 e. The Morgan fingerprint density at radius 2 is 2.16 bits per heavy atom. The van der Waals surface area contributed by atoms with Crippen molar-refractivity contribution in [2.24, 2.45) is 5.41 Å². The second kappa shape index (κ2) is 4.84. The average Bonchev–Trinajstić information content (AvgIpc) is 3.53. The molecule has 1 atom stereocenters. The van der Waals surface area contributed by atoms with Crippen molar-refractivity contribution in [3.8, 4) is 6.07 Å². The van der Waals surface area contributed by atoms with Gasteiger partial charge in [-0.05, 0) is 39.0 Å². The standard InChI is InChI=1S/C18H22N6O/c1-12-8-24(16(25)17(9-19)3-4-17)18(5-6-18)10-23(12)15-13-2-7-20-14(13)21-11-22-15/h11-12H,2-8,10H2,1H3,(H,20,21,22). The van der Waals surface area contributed by atoms with Crippen LogP contribution in [0.1, 0.15) is 38.2 Å². The van der Waals surface area contributed by atoms with E-state index in [9.17, 15) is 10.1 Å². The fourth-order valence-electron chi connectivity index (χ4n) is 4.36. The number of hydrogen-bond acceptors (Lipinski definition) is 6. The molecule has 3 fully saturated rings. The number of carbonyl (C=O) groups excluding carboxylic acids is 1. The lowest BCUT2D eigenvalue weighted by Gasteiger charge is -2.47. The minimum Gasteiger partial charge on any atom is -0.369 e. The van der Waals surface area contributed by atoms with E-state index < -0.39 is 5.41 Å². The van der Waals surface area contributed by atoms with Crippen LogP contribution in [0.15, 0.2) is 6.33 Å². The van der Waals surface area contributed by atoms with Gasteiger partial charge in [0, 0.05) is 31.2 Å². The van der Waals surface area contributed by atoms with Crippen molar-refractivity contribution in [2.45, 2.75) is 50.6 Å². The van der Waals surface area contributed by atoms with Crippen LogP contribution >= 0.6 is 0 Å². The Bertz CT molecular complexity index is 791. The molecule has 4 aliphatic rings. The molecule has 5 rings (SSSR count). The highest BCUT2D eigenvalue weighted by Crippen LogP contribution is 2.53. The zero-order chi connectivity index (χ0) is 17.2. The molecule has 2 saturated carbocycles. The Morgan fingerprint density at radius 3 is 2.84 bits per heavy atom. The lowest BCUT2D eigenvalue weighted by atomic mass is 9.99. The zero-order valence-electron chi connectivity index (χ0n) is 14.5. The van der Waals surface area contributed by atoms with Crippen molar-refractivity contribution in [1.82, 2.24) is 14.9 Å². The number of rotatable bonds is 2. The number of carbonyl (C=O) groups is 1. The van der Waals surface area contributed by atoms with E-state index in [0.29, 0.717) is 6.54 Å². The van der Waals surface area contributed by atoms with Gasteiger partial charge >= 0.3 is 0 Å². The van der Waals surface area contributed by atoms with Crippen LogP contribution in [0.25, 0.3) is 0 Å². The summed E-state index contributed by atoms with van der Waals surface area (Å²) in [6.45, 7) is 4.54. The summed E-state index contributed by atoms with van der Waals surface area (Å²) >= 11 is 0. The van der Waals surface area contributed by atoms with E-state index in [1.165, 1.54) is 5.56 Å². The molecule has 0 bridgehead atoms. The van der Waals surface area contributed by atoms with E-state index in [1.807, 2.05) is 4.90 Å². The number of piperazine rings is 1. The Morgan fingerprint density at radius 1 is 1.36 bits per heavy atom. The smallest absolute Gasteiger partial charge is 0.243 e. The summed E-state index contributed by atoms with van der Waals surface area (Å²) in [6, 6.07) is 2.46. The summed E-state index contributed by atoms with van der Waals surface area (Å²) in [6.07, 6.45) is 6.06. The van der Waals surface area contributed by atoms with Gasteiger partial charge < -0.3 is 15.1 Å². The maximum atomic E-state index is 13.0. The largest absolute Gasteiger partial charge is 0.369 e. The lowest BCUT2D eigenvalue weighted by Crippen LogP contribution is -2.62. The molecular weight excluding hydrogens is 316 g/mol. The van der Waals surface area contributed by atoms with Crippen molar-refractivity contribution in [3.05, 3.63) is 11.9 Å². The number of hydrogen-bond donors (Lipinski definition) is 1. The molecule has 25 heavy (non-hydrogen) atoms. The summed E-state index contributed by atoms with van der Waals surface area (Å²) in [4.78, 5) is 26.3. The van der Waals surface area contributed by atoms with Gasteiger partial charge in [0.15, 0.2) is 0 Å². The highest BCUT2D eigenvalue weighted by atomic mass is 16.2. The van der Waals surface area contributed by atoms with Crippen molar-refractivity contribution in [1.29, 1.82) is 5.26 Å². The van der Waals surface area contributed by atoms with Gasteiger partial charge in [-0.1, -0.05) is 0 Å². The highest BCUT2D eigenvalue weighted by molar-refractivity contribution is 5.89. The van der Waals surface area contributed by atoms with E-state index in [0.717, 1.165) is 56.8 Å². The van der Waals surface area contributed by atoms with Gasteiger partial charge in [-0.3, -0.25) is 4.79 Å². The van der Waals surface area contributed by atoms with Crippen molar-refractivity contribution in [2.75, 3.05) is 29.9 Å².